The number of aromatic hydroxyl groups is 3. The summed E-state index contributed by atoms with van der Waals surface area (Å²) in [5.74, 6) is -4.67. The molecule has 0 bridgehead atoms. The number of esters is 1. The lowest BCUT2D eigenvalue weighted by Gasteiger charge is -2.34. The summed E-state index contributed by atoms with van der Waals surface area (Å²) in [6.07, 6.45) is -0.682. The number of benzene rings is 2. The number of hydrogen-bond acceptors (Lipinski definition) is 9. The van der Waals surface area contributed by atoms with Gasteiger partial charge < -0.3 is 25.2 Å². The minimum atomic E-state index is -1.99. The Kier molecular flexibility index (Phi) is 4.58. The maximum Gasteiger partial charge on any atom is 0.303 e. The number of fused-ring (bicyclic) bond motifs is 3. The zero-order valence-electron chi connectivity index (χ0n) is 16.4. The van der Waals surface area contributed by atoms with Gasteiger partial charge in [0.1, 0.15) is 22.8 Å². The van der Waals surface area contributed by atoms with Gasteiger partial charge in [0, 0.05) is 30.0 Å². The Balaban J connectivity index is 1.84. The molecule has 0 spiro atoms. The molecule has 31 heavy (non-hydrogen) atoms. The third kappa shape index (κ3) is 2.97. The van der Waals surface area contributed by atoms with Gasteiger partial charge >= 0.3 is 5.97 Å². The predicted octanol–water partition coefficient (Wildman–Crippen LogP) is 0.931. The van der Waals surface area contributed by atoms with E-state index in [1.807, 2.05) is 0 Å². The van der Waals surface area contributed by atoms with Crippen LogP contribution in [0.5, 0.6) is 17.2 Å². The molecular weight excluding hydrogens is 408 g/mol. The first-order valence-electron chi connectivity index (χ1n) is 9.47. The van der Waals surface area contributed by atoms with Gasteiger partial charge in [-0.15, -0.1) is 0 Å². The van der Waals surface area contributed by atoms with Crippen LogP contribution in [0.1, 0.15) is 56.3 Å². The highest BCUT2D eigenvalue weighted by atomic mass is 16.5. The molecule has 2 aromatic carbocycles. The van der Waals surface area contributed by atoms with E-state index in [1.54, 1.807) is 0 Å². The average molecular weight is 426 g/mol. The van der Waals surface area contributed by atoms with Gasteiger partial charge in [-0.3, -0.25) is 19.2 Å². The summed E-state index contributed by atoms with van der Waals surface area (Å²) in [6, 6.07) is 3.92. The van der Waals surface area contributed by atoms with Crippen LogP contribution in [0.25, 0.3) is 0 Å². The molecule has 4 N–H and O–H groups in total. The molecule has 0 heterocycles. The molecule has 9 heteroatoms. The van der Waals surface area contributed by atoms with Gasteiger partial charge in [0.2, 0.25) is 11.6 Å². The molecule has 0 saturated carbocycles. The molecule has 2 aliphatic rings. The molecule has 1 unspecified atom stereocenters. The van der Waals surface area contributed by atoms with Gasteiger partial charge in [-0.25, -0.2) is 0 Å². The van der Waals surface area contributed by atoms with Crippen LogP contribution in [-0.4, -0.2) is 56.0 Å². The highest BCUT2D eigenvalue weighted by Gasteiger charge is 2.45. The van der Waals surface area contributed by atoms with Crippen LogP contribution in [0.4, 0.5) is 0 Å². The van der Waals surface area contributed by atoms with E-state index >= 15 is 0 Å². The van der Waals surface area contributed by atoms with Crippen molar-refractivity contribution in [2.75, 3.05) is 6.61 Å². The first-order chi connectivity index (χ1) is 14.6. The van der Waals surface area contributed by atoms with E-state index in [0.717, 1.165) is 6.92 Å². The van der Waals surface area contributed by atoms with Gasteiger partial charge in [0.25, 0.3) is 0 Å². The van der Waals surface area contributed by atoms with Crippen molar-refractivity contribution in [1.29, 1.82) is 0 Å². The predicted molar refractivity (Wildman–Crippen MR) is 103 cm³/mol. The summed E-state index contributed by atoms with van der Waals surface area (Å²) in [5.41, 5.74) is -3.17. The normalized spacial score (nSPS) is 19.3. The van der Waals surface area contributed by atoms with Crippen molar-refractivity contribution in [3.63, 3.8) is 0 Å². The Bertz CT molecular complexity index is 1190. The fourth-order valence-electron chi connectivity index (χ4n) is 4.21. The monoisotopic (exact) mass is 426 g/mol. The van der Waals surface area contributed by atoms with E-state index in [0.29, 0.717) is 0 Å². The maximum absolute atomic E-state index is 13.0. The van der Waals surface area contributed by atoms with Crippen LogP contribution in [0.3, 0.4) is 0 Å². The summed E-state index contributed by atoms with van der Waals surface area (Å²) in [4.78, 5) is 49.4. The first-order valence-corrected chi connectivity index (χ1v) is 9.47. The number of rotatable bonds is 3. The Hall–Kier alpha value is -3.72. The van der Waals surface area contributed by atoms with Crippen LogP contribution in [0, 0.1) is 0 Å². The van der Waals surface area contributed by atoms with E-state index in [1.165, 1.54) is 18.2 Å². The quantitative estimate of drug-likeness (QED) is 0.353. The van der Waals surface area contributed by atoms with Gasteiger partial charge in [0.15, 0.2) is 12.4 Å². The van der Waals surface area contributed by atoms with Crippen molar-refractivity contribution in [3.05, 3.63) is 51.6 Å². The number of ketones is 3. The lowest BCUT2D eigenvalue weighted by Crippen LogP contribution is -2.46. The van der Waals surface area contributed by atoms with Gasteiger partial charge in [-0.2, -0.15) is 0 Å². The number of carbonyl (C=O) groups excluding carboxylic acids is 4. The highest BCUT2D eigenvalue weighted by molar-refractivity contribution is 6.31. The molecular formula is C22H18O9. The zero-order chi connectivity index (χ0) is 22.7. The number of phenols is 3. The van der Waals surface area contributed by atoms with Crippen molar-refractivity contribution < 1.29 is 44.3 Å². The van der Waals surface area contributed by atoms with E-state index in [4.69, 9.17) is 0 Å². The molecule has 0 aromatic heterocycles. The van der Waals surface area contributed by atoms with E-state index in [2.05, 4.69) is 4.74 Å². The fraction of sp³-hybridized carbons (Fsp3) is 0.273. The van der Waals surface area contributed by atoms with E-state index < -0.39 is 70.3 Å². The second-order valence-electron chi connectivity index (χ2n) is 7.67. The molecule has 0 fully saturated rings. The van der Waals surface area contributed by atoms with E-state index in [-0.39, 0.29) is 35.1 Å². The number of phenolic OH excluding ortho intramolecular Hbond substituents is 3. The van der Waals surface area contributed by atoms with Crippen molar-refractivity contribution in [2.45, 2.75) is 31.8 Å². The smallest absolute Gasteiger partial charge is 0.303 e. The SMILES string of the molecule is CC(=O)OCC(=O)C1(O)CCc2c(O)c3c(c(O)c2C1)C(=O)c1cccc(O)c1C3=O. The zero-order valence-corrected chi connectivity index (χ0v) is 16.4. The average Bonchev–Trinajstić information content (AvgIpc) is 2.72. The highest BCUT2D eigenvalue weighted by Crippen LogP contribution is 2.48. The number of hydrogen-bond donors (Lipinski definition) is 4. The molecule has 0 amide bonds. The number of ether oxygens (including phenoxy) is 1. The van der Waals surface area contributed by atoms with Crippen molar-refractivity contribution in [2.24, 2.45) is 0 Å². The Morgan fingerprint density at radius 2 is 1.65 bits per heavy atom. The molecule has 2 aliphatic carbocycles. The van der Waals surface area contributed by atoms with Crippen LogP contribution >= 0.6 is 0 Å². The van der Waals surface area contributed by atoms with Crippen molar-refractivity contribution in [3.8, 4) is 17.2 Å². The molecule has 0 radical (unpaired) electrons. The van der Waals surface area contributed by atoms with Crippen molar-refractivity contribution in [1.82, 2.24) is 0 Å². The van der Waals surface area contributed by atoms with Gasteiger partial charge in [0.05, 0.1) is 16.7 Å². The molecule has 160 valence electrons. The van der Waals surface area contributed by atoms with E-state index in [9.17, 15) is 39.6 Å². The van der Waals surface area contributed by atoms with Crippen LogP contribution < -0.4 is 0 Å². The Morgan fingerprint density at radius 3 is 2.32 bits per heavy atom. The molecule has 9 nitrogen and oxygen atoms in total. The second kappa shape index (κ2) is 6.92. The lowest BCUT2D eigenvalue weighted by atomic mass is 9.73. The number of carbonyl (C=O) groups is 4. The molecule has 4 rings (SSSR count). The summed E-state index contributed by atoms with van der Waals surface area (Å²) in [5, 5.41) is 42.5. The maximum atomic E-state index is 13.0. The second-order valence-corrected chi connectivity index (χ2v) is 7.67. The van der Waals surface area contributed by atoms with Crippen LogP contribution in [0.15, 0.2) is 18.2 Å². The van der Waals surface area contributed by atoms with Crippen molar-refractivity contribution >= 4 is 23.3 Å². The molecule has 0 aliphatic heterocycles. The largest absolute Gasteiger partial charge is 0.507 e. The topological polar surface area (TPSA) is 158 Å². The third-order valence-corrected chi connectivity index (χ3v) is 5.81. The Labute approximate surface area is 175 Å². The minimum Gasteiger partial charge on any atom is -0.507 e. The summed E-state index contributed by atoms with van der Waals surface area (Å²) in [6.45, 7) is 0.449. The summed E-state index contributed by atoms with van der Waals surface area (Å²) < 4.78 is 4.65. The molecule has 2 aromatic rings. The lowest BCUT2D eigenvalue weighted by molar-refractivity contribution is -0.153. The first kappa shape index (κ1) is 20.5. The van der Waals surface area contributed by atoms with Gasteiger partial charge in [-0.05, 0) is 18.9 Å². The summed E-state index contributed by atoms with van der Waals surface area (Å²) >= 11 is 0. The molecule has 1 atom stereocenters. The standard InChI is InChI=1S/C22H18O9/c1-9(23)31-8-14(25)22(30)6-5-10-12(7-22)20(28)16-17(18(10)26)21(29)15-11(19(16)27)3-2-4-13(15)24/h2-4,24,26,28,30H,5-8H2,1H3. The van der Waals surface area contributed by atoms with Gasteiger partial charge in [-0.1, -0.05) is 12.1 Å². The number of aliphatic hydroxyl groups is 1. The van der Waals surface area contributed by atoms with Crippen LogP contribution in [0.2, 0.25) is 0 Å². The fourth-order valence-corrected chi connectivity index (χ4v) is 4.21. The molecule has 0 saturated heterocycles. The minimum absolute atomic E-state index is 0.0362. The van der Waals surface area contributed by atoms with Crippen LogP contribution in [-0.2, 0) is 27.2 Å². The number of Topliss-reactive ketones (excluding diaryl/α,β-unsaturated/α-hetero) is 1. The summed E-state index contributed by atoms with van der Waals surface area (Å²) in [7, 11) is 0. The third-order valence-electron chi connectivity index (χ3n) is 5.81. The Morgan fingerprint density at radius 1 is 1.00 bits per heavy atom.